The minimum Gasteiger partial charge on any atom is -0.322 e. The molecule has 3 rings (SSSR count). The van der Waals surface area contributed by atoms with Gasteiger partial charge in [0, 0.05) is 0 Å². The number of urea groups is 1. The van der Waals surface area contributed by atoms with Crippen LogP contribution in [-0.2, 0) is 9.59 Å². The number of carbonyl (C=O) groups excluding carboxylic acids is 3. The van der Waals surface area contributed by atoms with E-state index in [1.54, 1.807) is 12.1 Å². The minimum atomic E-state index is -0.696. The van der Waals surface area contributed by atoms with Gasteiger partial charge in [-0.15, -0.1) is 0 Å². The van der Waals surface area contributed by atoms with Crippen LogP contribution < -0.4 is 10.6 Å². The first-order chi connectivity index (χ1) is 12.5. The third-order valence-corrected chi connectivity index (χ3v) is 3.90. The molecule has 0 unspecified atom stereocenters. The second-order valence-corrected chi connectivity index (χ2v) is 5.76. The Bertz CT molecular complexity index is 924. The number of rotatable bonds is 4. The van der Waals surface area contributed by atoms with Crippen molar-refractivity contribution in [2.24, 2.45) is 0 Å². The Kier molecular flexibility index (Phi) is 4.79. The number of imide groups is 1. The van der Waals surface area contributed by atoms with Gasteiger partial charge in [0.05, 0.1) is 5.69 Å². The molecule has 1 aliphatic rings. The lowest BCUT2D eigenvalue weighted by molar-refractivity contribution is -0.127. The number of hydrogen-bond donors (Lipinski definition) is 2. The van der Waals surface area contributed by atoms with E-state index in [2.05, 4.69) is 10.6 Å². The Labute approximate surface area is 149 Å². The fourth-order valence-corrected chi connectivity index (χ4v) is 2.52. The van der Waals surface area contributed by atoms with Crippen LogP contribution in [0.3, 0.4) is 0 Å². The summed E-state index contributed by atoms with van der Waals surface area (Å²) in [4.78, 5) is 37.3. The Morgan fingerprint density at radius 3 is 2.58 bits per heavy atom. The Morgan fingerprint density at radius 1 is 1.15 bits per heavy atom. The van der Waals surface area contributed by atoms with E-state index in [9.17, 15) is 18.8 Å². The van der Waals surface area contributed by atoms with Gasteiger partial charge in [-0.2, -0.15) is 0 Å². The van der Waals surface area contributed by atoms with E-state index in [0.29, 0.717) is 0 Å². The van der Waals surface area contributed by atoms with Crippen LogP contribution in [0.25, 0.3) is 6.08 Å². The van der Waals surface area contributed by atoms with E-state index >= 15 is 0 Å². The topological polar surface area (TPSA) is 78.5 Å². The number of nitrogens with one attached hydrogen (secondary N) is 2. The average molecular weight is 353 g/mol. The molecule has 0 aromatic heterocycles. The lowest BCUT2D eigenvalue weighted by Crippen LogP contribution is -2.38. The summed E-state index contributed by atoms with van der Waals surface area (Å²) >= 11 is 0. The van der Waals surface area contributed by atoms with Crippen LogP contribution >= 0.6 is 0 Å². The smallest absolute Gasteiger partial charge is 0.322 e. The molecule has 1 aliphatic heterocycles. The molecule has 132 valence electrons. The molecule has 0 radical (unpaired) electrons. The van der Waals surface area contributed by atoms with Crippen molar-refractivity contribution in [3.8, 4) is 0 Å². The predicted molar refractivity (Wildman–Crippen MR) is 94.4 cm³/mol. The van der Waals surface area contributed by atoms with Crippen molar-refractivity contribution < 1.29 is 18.8 Å². The van der Waals surface area contributed by atoms with Crippen molar-refractivity contribution in [1.82, 2.24) is 10.2 Å². The molecule has 4 amide bonds. The lowest BCUT2D eigenvalue weighted by atomic mass is 10.1. The fraction of sp³-hybridized carbons (Fsp3) is 0.105. The summed E-state index contributed by atoms with van der Waals surface area (Å²) in [5, 5.41) is 4.80. The maximum Gasteiger partial charge on any atom is 0.329 e. The van der Waals surface area contributed by atoms with Gasteiger partial charge < -0.3 is 10.6 Å². The zero-order valence-corrected chi connectivity index (χ0v) is 14.0. The van der Waals surface area contributed by atoms with Gasteiger partial charge in [-0.1, -0.05) is 36.4 Å². The van der Waals surface area contributed by atoms with Gasteiger partial charge in [0.2, 0.25) is 5.91 Å². The van der Waals surface area contributed by atoms with Crippen molar-refractivity contribution in [3.05, 3.63) is 71.2 Å². The van der Waals surface area contributed by atoms with E-state index in [0.717, 1.165) is 16.0 Å². The summed E-state index contributed by atoms with van der Waals surface area (Å²) in [6, 6.07) is 12.3. The molecule has 0 saturated carbocycles. The molecule has 0 spiro atoms. The molecule has 0 bridgehead atoms. The fourth-order valence-electron chi connectivity index (χ4n) is 2.52. The van der Waals surface area contributed by atoms with E-state index in [1.807, 2.05) is 31.2 Å². The molecule has 1 saturated heterocycles. The maximum atomic E-state index is 13.6. The average Bonchev–Trinajstić information content (AvgIpc) is 2.86. The largest absolute Gasteiger partial charge is 0.329 e. The van der Waals surface area contributed by atoms with Gasteiger partial charge >= 0.3 is 6.03 Å². The van der Waals surface area contributed by atoms with Crippen molar-refractivity contribution in [2.45, 2.75) is 6.92 Å². The number of carbonyl (C=O) groups is 3. The summed E-state index contributed by atoms with van der Waals surface area (Å²) < 4.78 is 13.6. The summed E-state index contributed by atoms with van der Waals surface area (Å²) in [7, 11) is 0. The number of aryl methyl sites for hydroxylation is 1. The first-order valence-electron chi connectivity index (χ1n) is 7.90. The third kappa shape index (κ3) is 3.61. The monoisotopic (exact) mass is 353 g/mol. The number of amides is 4. The number of halogens is 1. The first kappa shape index (κ1) is 17.3. The normalized spacial score (nSPS) is 15.3. The highest BCUT2D eigenvalue weighted by Gasteiger charge is 2.35. The molecule has 2 aromatic carbocycles. The van der Waals surface area contributed by atoms with E-state index in [4.69, 9.17) is 0 Å². The standard InChI is InChI=1S/C19H16FN3O3/c1-12-6-2-3-7-13(12)10-16-18(25)23(19(26)22-16)11-17(24)21-15-9-5-4-8-14(15)20/h2-10H,11H2,1H3,(H,21,24)(H,22,26)/b16-10+. The van der Waals surface area contributed by atoms with Gasteiger partial charge in [-0.25, -0.2) is 14.1 Å². The number of nitrogens with zero attached hydrogens (tertiary/aromatic N) is 1. The van der Waals surface area contributed by atoms with Crippen LogP contribution in [0.1, 0.15) is 11.1 Å². The lowest BCUT2D eigenvalue weighted by Gasteiger charge is -2.12. The highest BCUT2D eigenvalue weighted by molar-refractivity contribution is 6.16. The Hall–Kier alpha value is -3.48. The quantitative estimate of drug-likeness (QED) is 0.655. The number of hydrogen-bond acceptors (Lipinski definition) is 3. The molecule has 2 N–H and O–H groups in total. The highest BCUT2D eigenvalue weighted by Crippen LogP contribution is 2.17. The zero-order valence-electron chi connectivity index (χ0n) is 14.0. The number of benzene rings is 2. The van der Waals surface area contributed by atoms with Gasteiger partial charge in [0.15, 0.2) is 0 Å². The highest BCUT2D eigenvalue weighted by atomic mass is 19.1. The van der Waals surface area contributed by atoms with E-state index < -0.39 is 30.2 Å². The van der Waals surface area contributed by atoms with Crippen LogP contribution in [0.15, 0.2) is 54.2 Å². The molecule has 26 heavy (non-hydrogen) atoms. The zero-order chi connectivity index (χ0) is 18.7. The molecule has 7 heteroatoms. The molecule has 1 heterocycles. The van der Waals surface area contributed by atoms with Gasteiger partial charge in [0.25, 0.3) is 5.91 Å². The number of para-hydroxylation sites is 1. The van der Waals surface area contributed by atoms with Crippen molar-refractivity contribution in [3.63, 3.8) is 0 Å². The Morgan fingerprint density at radius 2 is 1.85 bits per heavy atom. The second kappa shape index (κ2) is 7.18. The second-order valence-electron chi connectivity index (χ2n) is 5.76. The minimum absolute atomic E-state index is 0.0137. The predicted octanol–water partition coefficient (Wildman–Crippen LogP) is 2.67. The van der Waals surface area contributed by atoms with Crippen LogP contribution in [0.4, 0.5) is 14.9 Å². The summed E-state index contributed by atoms with van der Waals surface area (Å²) in [5.74, 6) is -1.88. The number of anilines is 1. The third-order valence-electron chi connectivity index (χ3n) is 3.90. The maximum absolute atomic E-state index is 13.6. The van der Waals surface area contributed by atoms with Crippen molar-refractivity contribution in [2.75, 3.05) is 11.9 Å². The van der Waals surface area contributed by atoms with Crippen molar-refractivity contribution >= 4 is 29.6 Å². The van der Waals surface area contributed by atoms with Gasteiger partial charge in [0.1, 0.15) is 18.1 Å². The molecular weight excluding hydrogens is 337 g/mol. The summed E-state index contributed by atoms with van der Waals surface area (Å²) in [6.45, 7) is 1.37. The molecule has 0 aliphatic carbocycles. The van der Waals surface area contributed by atoms with Crippen molar-refractivity contribution in [1.29, 1.82) is 0 Å². The molecular formula is C19H16FN3O3. The Balaban J connectivity index is 1.72. The van der Waals surface area contributed by atoms with E-state index in [-0.39, 0.29) is 11.4 Å². The first-order valence-corrected chi connectivity index (χ1v) is 7.90. The van der Waals surface area contributed by atoms with Crippen LogP contribution in [0, 0.1) is 12.7 Å². The summed E-state index contributed by atoms with van der Waals surface area (Å²) in [6.07, 6.45) is 1.56. The van der Waals surface area contributed by atoms with Crippen LogP contribution in [0.2, 0.25) is 0 Å². The molecule has 1 fully saturated rings. The van der Waals surface area contributed by atoms with Crippen LogP contribution in [-0.4, -0.2) is 29.3 Å². The SMILES string of the molecule is Cc1ccccc1/C=C1/NC(=O)N(CC(=O)Nc2ccccc2F)C1=O. The van der Waals surface area contributed by atoms with Gasteiger partial charge in [-0.05, 0) is 36.3 Å². The van der Waals surface area contributed by atoms with Crippen LogP contribution in [0.5, 0.6) is 0 Å². The molecule has 0 atom stereocenters. The van der Waals surface area contributed by atoms with E-state index in [1.165, 1.54) is 18.2 Å². The summed E-state index contributed by atoms with van der Waals surface area (Å²) in [5.41, 5.74) is 1.80. The molecule has 6 nitrogen and oxygen atoms in total. The molecule has 2 aromatic rings. The van der Waals surface area contributed by atoms with Gasteiger partial charge in [-0.3, -0.25) is 9.59 Å².